The number of esters is 1. The Bertz CT molecular complexity index is 1240. The Morgan fingerprint density at radius 2 is 1.67 bits per heavy atom. The van der Waals surface area contributed by atoms with E-state index in [1.54, 1.807) is 49.4 Å². The Kier molecular flexibility index (Phi) is 7.25. The highest BCUT2D eigenvalue weighted by atomic mass is 35.5. The molecule has 6 nitrogen and oxygen atoms in total. The summed E-state index contributed by atoms with van der Waals surface area (Å²) < 4.78 is 25.0. The number of ether oxygens (including phenoxy) is 1. The monoisotopic (exact) mass is 512 g/mol. The van der Waals surface area contributed by atoms with Gasteiger partial charge in [0.05, 0.1) is 0 Å². The lowest BCUT2D eigenvalue weighted by Crippen LogP contribution is -2.57. The van der Waals surface area contributed by atoms with E-state index in [0.29, 0.717) is 35.8 Å². The van der Waals surface area contributed by atoms with Crippen molar-refractivity contribution < 1.29 is 23.1 Å². The molecule has 3 aromatic rings. The Hall–Kier alpha value is -3.16. The van der Waals surface area contributed by atoms with Crippen LogP contribution in [0.2, 0.25) is 5.02 Å². The highest BCUT2D eigenvalue weighted by molar-refractivity contribution is 6.30. The minimum atomic E-state index is -1.41. The number of furan rings is 1. The Balaban J connectivity index is 1.53. The highest BCUT2D eigenvalue weighted by Gasteiger charge is 2.50. The summed E-state index contributed by atoms with van der Waals surface area (Å²) in [5, 5.41) is 0.593. The first-order valence-electron chi connectivity index (χ1n) is 11.9. The topological polar surface area (TPSA) is 85.8 Å². The first kappa shape index (κ1) is 25.9. The summed E-state index contributed by atoms with van der Waals surface area (Å²) in [7, 11) is 3.97. The maximum atomic E-state index is 13.4. The molecule has 36 heavy (non-hydrogen) atoms. The van der Waals surface area contributed by atoms with Gasteiger partial charge < -0.3 is 19.8 Å². The van der Waals surface area contributed by atoms with E-state index in [1.807, 2.05) is 14.1 Å². The lowest BCUT2D eigenvalue weighted by molar-refractivity contribution is -0.144. The number of hydrogen-bond acceptors (Lipinski definition) is 5. The molecule has 2 N–H and O–H groups in total. The van der Waals surface area contributed by atoms with Crippen LogP contribution in [-0.4, -0.2) is 42.0 Å². The number of rotatable bonds is 7. The van der Waals surface area contributed by atoms with Gasteiger partial charge in [-0.25, -0.2) is 9.18 Å². The van der Waals surface area contributed by atoms with Gasteiger partial charge >= 0.3 is 5.97 Å². The fourth-order valence-electron chi connectivity index (χ4n) is 4.96. The molecule has 1 amide bonds. The molecule has 1 aliphatic rings. The first-order valence-corrected chi connectivity index (χ1v) is 12.2. The van der Waals surface area contributed by atoms with Gasteiger partial charge in [0.1, 0.15) is 22.9 Å². The van der Waals surface area contributed by atoms with Gasteiger partial charge in [0.2, 0.25) is 0 Å². The highest BCUT2D eigenvalue weighted by Crippen LogP contribution is 2.42. The number of nitrogens with two attached hydrogens (primary N) is 1. The van der Waals surface area contributed by atoms with Crippen LogP contribution in [-0.2, 0) is 16.0 Å². The average Bonchev–Trinajstić information content (AvgIpc) is 3.24. The summed E-state index contributed by atoms with van der Waals surface area (Å²) in [4.78, 5) is 27.9. The van der Waals surface area contributed by atoms with Crippen molar-refractivity contribution in [2.24, 2.45) is 5.73 Å². The SMILES string of the molecule is Cc1oc(-c2ccc(Cl)cc2)cc1C(=O)OC1(C(N)=O)CCC(Cc2ccc(F)cc2)(N(C)C)CC1. The number of aryl methyl sites for hydroxylation is 1. The van der Waals surface area contributed by atoms with Crippen molar-refractivity contribution in [3.63, 3.8) is 0 Å². The van der Waals surface area contributed by atoms with Crippen molar-refractivity contribution in [2.75, 3.05) is 14.1 Å². The average molecular weight is 513 g/mol. The maximum absolute atomic E-state index is 13.4. The zero-order valence-electron chi connectivity index (χ0n) is 20.6. The van der Waals surface area contributed by atoms with Gasteiger partial charge in [0, 0.05) is 16.1 Å². The van der Waals surface area contributed by atoms with Crippen LogP contribution >= 0.6 is 11.6 Å². The first-order chi connectivity index (χ1) is 17.0. The van der Waals surface area contributed by atoms with Gasteiger partial charge in [-0.3, -0.25) is 4.79 Å². The van der Waals surface area contributed by atoms with Gasteiger partial charge in [-0.15, -0.1) is 0 Å². The molecule has 1 aliphatic carbocycles. The van der Waals surface area contributed by atoms with Gasteiger partial charge in [0.15, 0.2) is 5.60 Å². The van der Waals surface area contributed by atoms with E-state index in [-0.39, 0.29) is 29.8 Å². The van der Waals surface area contributed by atoms with Crippen LogP contribution in [0.4, 0.5) is 4.39 Å². The third kappa shape index (κ3) is 5.18. The second kappa shape index (κ2) is 10.1. The normalized spacial score (nSPS) is 21.9. The molecule has 0 saturated heterocycles. The molecule has 190 valence electrons. The number of halogens is 2. The molecule has 0 atom stereocenters. The number of hydrogen-bond donors (Lipinski definition) is 1. The number of amides is 1. The number of likely N-dealkylation sites (N-methyl/N-ethyl adjacent to an activating group) is 1. The molecular formula is C28H30ClFN2O4. The number of benzene rings is 2. The van der Waals surface area contributed by atoms with Crippen molar-refractivity contribution in [2.45, 2.75) is 50.2 Å². The standard InChI is InChI=1S/C28H30ClFN2O4/c1-18-23(16-24(35-18)20-6-8-21(29)9-7-20)25(33)36-28(26(31)34)14-12-27(13-15-28,32(2)3)17-19-4-10-22(30)11-5-19/h4-11,16H,12-15,17H2,1-3H3,(H2,31,34). The summed E-state index contributed by atoms with van der Waals surface area (Å²) in [5.41, 5.74) is 6.12. The maximum Gasteiger partial charge on any atom is 0.342 e. The Morgan fingerprint density at radius 1 is 1.06 bits per heavy atom. The van der Waals surface area contributed by atoms with Gasteiger partial charge in [0.25, 0.3) is 5.91 Å². The van der Waals surface area contributed by atoms with Crippen LogP contribution in [0.3, 0.4) is 0 Å². The van der Waals surface area contributed by atoms with Gasteiger partial charge in [-0.05, 0) is 101 Å². The number of nitrogens with zero attached hydrogens (tertiary/aromatic N) is 1. The summed E-state index contributed by atoms with van der Waals surface area (Å²) >= 11 is 5.96. The largest absolute Gasteiger partial charge is 0.460 e. The molecule has 1 saturated carbocycles. The predicted octanol–water partition coefficient (Wildman–Crippen LogP) is 5.55. The molecule has 4 rings (SSSR count). The van der Waals surface area contributed by atoms with E-state index in [9.17, 15) is 14.0 Å². The van der Waals surface area contributed by atoms with Gasteiger partial charge in [-0.1, -0.05) is 23.7 Å². The minimum absolute atomic E-state index is 0.247. The summed E-state index contributed by atoms with van der Waals surface area (Å²) in [6.45, 7) is 1.67. The molecule has 1 fully saturated rings. The zero-order valence-corrected chi connectivity index (χ0v) is 21.4. The van der Waals surface area contributed by atoms with Crippen LogP contribution < -0.4 is 5.73 Å². The second-order valence-electron chi connectivity index (χ2n) is 9.76. The molecule has 0 spiro atoms. The molecule has 0 aliphatic heterocycles. The lowest BCUT2D eigenvalue weighted by atomic mass is 9.70. The van der Waals surface area contributed by atoms with Crippen molar-refractivity contribution >= 4 is 23.5 Å². The lowest BCUT2D eigenvalue weighted by Gasteiger charge is -2.48. The molecule has 0 radical (unpaired) electrons. The smallest absolute Gasteiger partial charge is 0.342 e. The minimum Gasteiger partial charge on any atom is -0.460 e. The summed E-state index contributed by atoms with van der Waals surface area (Å²) in [6.07, 6.45) is 2.40. The van der Waals surface area contributed by atoms with Crippen molar-refractivity contribution in [3.8, 4) is 11.3 Å². The van der Waals surface area contributed by atoms with E-state index in [4.69, 9.17) is 26.5 Å². The molecule has 1 heterocycles. The van der Waals surface area contributed by atoms with Crippen LogP contribution in [0.5, 0.6) is 0 Å². The predicted molar refractivity (Wildman–Crippen MR) is 136 cm³/mol. The second-order valence-corrected chi connectivity index (χ2v) is 10.2. The third-order valence-corrected chi connectivity index (χ3v) is 7.64. The fraction of sp³-hybridized carbons (Fsp3) is 0.357. The van der Waals surface area contributed by atoms with Crippen molar-refractivity contribution in [1.82, 2.24) is 4.90 Å². The molecule has 8 heteroatoms. The zero-order chi connectivity index (χ0) is 26.1. The summed E-state index contributed by atoms with van der Waals surface area (Å²) in [5.74, 6) is -0.705. The summed E-state index contributed by atoms with van der Waals surface area (Å²) in [6, 6.07) is 15.1. The Labute approximate surface area is 215 Å². The van der Waals surface area contributed by atoms with E-state index in [0.717, 1.165) is 11.1 Å². The number of primary amides is 1. The molecule has 0 bridgehead atoms. The number of carbonyl (C=O) groups is 2. The molecular weight excluding hydrogens is 483 g/mol. The third-order valence-electron chi connectivity index (χ3n) is 7.39. The fourth-order valence-corrected chi connectivity index (χ4v) is 5.08. The van der Waals surface area contributed by atoms with E-state index >= 15 is 0 Å². The quantitative estimate of drug-likeness (QED) is 0.420. The molecule has 1 aromatic heterocycles. The van der Waals surface area contributed by atoms with E-state index in [1.165, 1.54) is 12.1 Å². The molecule has 2 aromatic carbocycles. The van der Waals surface area contributed by atoms with E-state index in [2.05, 4.69) is 4.90 Å². The van der Waals surface area contributed by atoms with E-state index < -0.39 is 17.5 Å². The number of carbonyl (C=O) groups excluding carboxylic acids is 2. The van der Waals surface area contributed by atoms with Crippen LogP contribution in [0.1, 0.15) is 47.4 Å². The van der Waals surface area contributed by atoms with Gasteiger partial charge in [-0.2, -0.15) is 0 Å². The van der Waals surface area contributed by atoms with Crippen LogP contribution in [0.25, 0.3) is 11.3 Å². The van der Waals surface area contributed by atoms with Crippen molar-refractivity contribution in [3.05, 3.63) is 82.3 Å². The van der Waals surface area contributed by atoms with Crippen LogP contribution in [0.15, 0.2) is 59.0 Å². The molecule has 0 unspecified atom stereocenters. The van der Waals surface area contributed by atoms with Crippen molar-refractivity contribution in [1.29, 1.82) is 0 Å². The van der Waals surface area contributed by atoms with Crippen LogP contribution in [0, 0.1) is 12.7 Å². The Morgan fingerprint density at radius 3 is 2.22 bits per heavy atom.